The van der Waals surface area contributed by atoms with Crippen LogP contribution in [0, 0.1) is 0 Å². The Morgan fingerprint density at radius 3 is 1.95 bits per heavy atom. The van der Waals surface area contributed by atoms with Gasteiger partial charge in [0.1, 0.15) is 12.4 Å². The summed E-state index contributed by atoms with van der Waals surface area (Å²) in [6, 6.07) is 34.2. The van der Waals surface area contributed by atoms with Crippen molar-refractivity contribution in [3.8, 4) is 5.75 Å². The van der Waals surface area contributed by atoms with Gasteiger partial charge in [-0.25, -0.2) is 4.79 Å². The summed E-state index contributed by atoms with van der Waals surface area (Å²) in [5.74, 6) is -0.910. The molecule has 0 unspecified atom stereocenters. The molecule has 0 radical (unpaired) electrons. The average Bonchev–Trinajstić information content (AvgIpc) is 3.01. The van der Waals surface area contributed by atoms with Crippen LogP contribution in [0.4, 0.5) is 0 Å². The normalized spacial score (nSPS) is 11.0. The molecular weight excluding hydrogens is 526 g/mol. The zero-order chi connectivity index (χ0) is 29.6. The second kappa shape index (κ2) is 16.1. The Kier molecular flexibility index (Phi) is 11.7. The fraction of sp³-hybridized carbons (Fsp3) is 0.278. The Labute approximate surface area is 248 Å². The largest absolute Gasteiger partial charge is 0.489 e. The van der Waals surface area contributed by atoms with Crippen LogP contribution in [0.15, 0.2) is 103 Å². The molecule has 0 heterocycles. The Hall–Kier alpha value is -4.42. The van der Waals surface area contributed by atoms with Crippen molar-refractivity contribution in [1.29, 1.82) is 0 Å². The molecule has 0 aliphatic carbocycles. The summed E-state index contributed by atoms with van der Waals surface area (Å²) in [5, 5.41) is 18.7. The minimum atomic E-state index is -0.945. The lowest BCUT2D eigenvalue weighted by Crippen LogP contribution is -2.28. The quantitative estimate of drug-likeness (QED) is 0.133. The number of aryl methyl sites for hydroxylation is 2. The Balaban J connectivity index is 1.35. The maximum Gasteiger partial charge on any atom is 0.336 e. The SMILES string of the molecule is O=C(O)CCCCN(CCc1ccccc1OCc1ccc(CCc2ccccc2)cc1)Cc1ccccc1C(=O)O. The van der Waals surface area contributed by atoms with Gasteiger partial charge in [0.05, 0.1) is 5.56 Å². The van der Waals surface area contributed by atoms with Crippen molar-refractivity contribution in [3.05, 3.63) is 137 Å². The molecule has 0 saturated carbocycles. The molecule has 0 aromatic heterocycles. The molecule has 0 bridgehead atoms. The van der Waals surface area contributed by atoms with E-state index in [0.717, 1.165) is 48.1 Å². The van der Waals surface area contributed by atoms with Crippen molar-refractivity contribution >= 4 is 11.9 Å². The highest BCUT2D eigenvalue weighted by molar-refractivity contribution is 5.89. The van der Waals surface area contributed by atoms with E-state index in [1.165, 1.54) is 11.1 Å². The highest BCUT2D eigenvalue weighted by atomic mass is 16.5. The molecule has 0 atom stereocenters. The summed E-state index contributed by atoms with van der Waals surface area (Å²) in [4.78, 5) is 24.9. The van der Waals surface area contributed by atoms with E-state index in [4.69, 9.17) is 9.84 Å². The predicted octanol–water partition coefficient (Wildman–Crippen LogP) is 7.05. The number of carboxylic acids is 2. The lowest BCUT2D eigenvalue weighted by molar-refractivity contribution is -0.137. The van der Waals surface area contributed by atoms with Gasteiger partial charge in [-0.1, -0.05) is 91.0 Å². The number of para-hydroxylation sites is 1. The molecule has 2 N–H and O–H groups in total. The second-order valence-corrected chi connectivity index (χ2v) is 10.5. The van der Waals surface area contributed by atoms with E-state index >= 15 is 0 Å². The standard InChI is InChI=1S/C36H39NO5/c38-35(39)16-8-9-24-37(26-32-13-4-6-14-33(32)36(40)41)25-23-31-12-5-7-15-34(31)42-27-30-21-19-29(20-22-30)18-17-28-10-2-1-3-11-28/h1-7,10-15,19-22H,8-9,16-18,23-27H2,(H,38,39)(H,40,41). The molecule has 4 aromatic rings. The highest BCUT2D eigenvalue weighted by Crippen LogP contribution is 2.22. The Bertz CT molecular complexity index is 1420. The van der Waals surface area contributed by atoms with Crippen LogP contribution in [-0.4, -0.2) is 40.1 Å². The first-order valence-electron chi connectivity index (χ1n) is 14.6. The summed E-state index contributed by atoms with van der Waals surface area (Å²) in [5.41, 5.74) is 5.88. The Morgan fingerprint density at radius 1 is 0.619 bits per heavy atom. The van der Waals surface area contributed by atoms with Gasteiger partial charge in [-0.15, -0.1) is 0 Å². The van der Waals surface area contributed by atoms with Gasteiger partial charge < -0.3 is 14.9 Å². The van der Waals surface area contributed by atoms with Gasteiger partial charge in [0.2, 0.25) is 0 Å². The van der Waals surface area contributed by atoms with Gasteiger partial charge >= 0.3 is 11.9 Å². The summed E-state index contributed by atoms with van der Waals surface area (Å²) >= 11 is 0. The third-order valence-electron chi connectivity index (χ3n) is 7.39. The number of hydrogen-bond donors (Lipinski definition) is 2. The minimum Gasteiger partial charge on any atom is -0.489 e. The molecule has 6 nitrogen and oxygen atoms in total. The maximum absolute atomic E-state index is 11.8. The number of rotatable bonds is 17. The van der Waals surface area contributed by atoms with Gasteiger partial charge in [0, 0.05) is 19.5 Å². The van der Waals surface area contributed by atoms with E-state index < -0.39 is 11.9 Å². The van der Waals surface area contributed by atoms with E-state index in [9.17, 15) is 14.7 Å². The first kappa shape index (κ1) is 30.5. The van der Waals surface area contributed by atoms with Crippen LogP contribution in [-0.2, 0) is 37.2 Å². The maximum atomic E-state index is 11.8. The summed E-state index contributed by atoms with van der Waals surface area (Å²) < 4.78 is 6.26. The van der Waals surface area contributed by atoms with Crippen molar-refractivity contribution in [1.82, 2.24) is 4.90 Å². The molecular formula is C36H39NO5. The average molecular weight is 566 g/mol. The second-order valence-electron chi connectivity index (χ2n) is 10.5. The lowest BCUT2D eigenvalue weighted by atomic mass is 10.0. The molecule has 0 saturated heterocycles. The third-order valence-corrected chi connectivity index (χ3v) is 7.39. The topological polar surface area (TPSA) is 87.1 Å². The molecule has 4 rings (SSSR count). The van der Waals surface area contributed by atoms with Crippen LogP contribution >= 0.6 is 0 Å². The number of unbranched alkanes of at least 4 members (excludes halogenated alkanes) is 1. The fourth-order valence-corrected chi connectivity index (χ4v) is 5.02. The smallest absolute Gasteiger partial charge is 0.336 e. The molecule has 0 aliphatic heterocycles. The number of hydrogen-bond acceptors (Lipinski definition) is 4. The van der Waals surface area contributed by atoms with E-state index in [1.807, 2.05) is 36.4 Å². The van der Waals surface area contributed by atoms with Crippen LogP contribution in [0.1, 0.15) is 57.4 Å². The summed E-state index contributed by atoms with van der Waals surface area (Å²) in [7, 11) is 0. The van der Waals surface area contributed by atoms with Gasteiger partial charge in [-0.2, -0.15) is 0 Å². The van der Waals surface area contributed by atoms with Crippen LogP contribution in [0.25, 0.3) is 0 Å². The van der Waals surface area contributed by atoms with Gasteiger partial charge in [-0.3, -0.25) is 9.69 Å². The highest BCUT2D eigenvalue weighted by Gasteiger charge is 2.14. The van der Waals surface area contributed by atoms with Gasteiger partial charge in [0.25, 0.3) is 0 Å². The molecule has 0 aliphatic rings. The first-order valence-corrected chi connectivity index (χ1v) is 14.6. The van der Waals surface area contributed by atoms with E-state index in [2.05, 4.69) is 59.5 Å². The van der Waals surface area contributed by atoms with Crippen molar-refractivity contribution < 1.29 is 24.5 Å². The summed E-state index contributed by atoms with van der Waals surface area (Å²) in [6.45, 7) is 2.33. The Morgan fingerprint density at radius 2 is 1.24 bits per heavy atom. The minimum absolute atomic E-state index is 0.129. The molecule has 0 fully saturated rings. The number of aliphatic carboxylic acids is 1. The van der Waals surface area contributed by atoms with E-state index in [1.54, 1.807) is 12.1 Å². The van der Waals surface area contributed by atoms with Crippen molar-refractivity contribution in [2.75, 3.05) is 13.1 Å². The zero-order valence-corrected chi connectivity index (χ0v) is 24.0. The van der Waals surface area contributed by atoms with Crippen LogP contribution < -0.4 is 4.74 Å². The van der Waals surface area contributed by atoms with E-state index in [-0.39, 0.29) is 6.42 Å². The van der Waals surface area contributed by atoms with Crippen LogP contribution in [0.5, 0.6) is 5.75 Å². The molecule has 4 aromatic carbocycles. The predicted molar refractivity (Wildman–Crippen MR) is 165 cm³/mol. The van der Waals surface area contributed by atoms with Gasteiger partial charge in [0.15, 0.2) is 0 Å². The number of ether oxygens (including phenoxy) is 1. The van der Waals surface area contributed by atoms with Crippen molar-refractivity contribution in [2.45, 2.75) is 51.7 Å². The number of benzene rings is 4. The molecule has 0 amide bonds. The van der Waals surface area contributed by atoms with Crippen LogP contribution in [0.2, 0.25) is 0 Å². The number of nitrogens with zero attached hydrogens (tertiary/aromatic N) is 1. The summed E-state index contributed by atoms with van der Waals surface area (Å²) in [6.07, 6.45) is 4.17. The number of aromatic carboxylic acids is 1. The first-order chi connectivity index (χ1) is 20.5. The van der Waals surface area contributed by atoms with E-state index in [0.29, 0.717) is 38.2 Å². The number of carbonyl (C=O) groups is 2. The molecule has 6 heteroatoms. The zero-order valence-electron chi connectivity index (χ0n) is 24.0. The molecule has 42 heavy (non-hydrogen) atoms. The van der Waals surface area contributed by atoms with Crippen molar-refractivity contribution in [3.63, 3.8) is 0 Å². The number of carboxylic acid groups (broad SMARTS) is 2. The third kappa shape index (κ3) is 9.89. The monoisotopic (exact) mass is 565 g/mol. The molecule has 0 spiro atoms. The fourth-order valence-electron chi connectivity index (χ4n) is 5.02. The van der Waals surface area contributed by atoms with Gasteiger partial charge in [-0.05, 0) is 78.6 Å². The molecule has 218 valence electrons. The van der Waals surface area contributed by atoms with Crippen molar-refractivity contribution in [2.24, 2.45) is 0 Å². The van der Waals surface area contributed by atoms with Crippen LogP contribution in [0.3, 0.4) is 0 Å². The lowest BCUT2D eigenvalue weighted by Gasteiger charge is -2.24.